The number of rotatable bonds is 10. The van der Waals surface area contributed by atoms with Gasteiger partial charge in [0.25, 0.3) is 0 Å². The normalized spacial score (nSPS) is 13.6. The first-order valence-electron chi connectivity index (χ1n) is 6.74. The lowest BCUT2D eigenvalue weighted by Crippen LogP contribution is -2.42. The van der Waals surface area contributed by atoms with E-state index in [1.165, 1.54) is 0 Å². The number of carbonyl (C=O) groups is 2. The van der Waals surface area contributed by atoms with Crippen LogP contribution in [0.2, 0.25) is 0 Å². The first kappa shape index (κ1) is 18.1. The Bertz CT molecular complexity index is 275. The Morgan fingerprint density at radius 1 is 1.32 bits per heavy atom. The molecule has 0 aromatic rings. The molecule has 0 saturated carbocycles. The zero-order valence-electron chi connectivity index (χ0n) is 12.1. The monoisotopic (exact) mass is 290 g/mol. The lowest BCUT2D eigenvalue weighted by molar-refractivity contribution is -0.137. The zero-order chi connectivity index (χ0) is 14.7. The van der Waals surface area contributed by atoms with Gasteiger partial charge in [-0.05, 0) is 31.9 Å². The predicted molar refractivity (Wildman–Crippen MR) is 79.6 cm³/mol. The van der Waals surface area contributed by atoms with Crippen molar-refractivity contribution in [3.05, 3.63) is 0 Å². The zero-order valence-corrected chi connectivity index (χ0v) is 12.9. The molecule has 0 aromatic heterocycles. The van der Waals surface area contributed by atoms with Crippen molar-refractivity contribution in [2.45, 2.75) is 45.6 Å². The molecule has 3 N–H and O–H groups in total. The van der Waals surface area contributed by atoms with Crippen molar-refractivity contribution in [1.29, 1.82) is 0 Å². The summed E-state index contributed by atoms with van der Waals surface area (Å²) in [5, 5.41) is 14.3. The molecule has 0 heterocycles. The van der Waals surface area contributed by atoms with Crippen LogP contribution in [0.5, 0.6) is 0 Å². The first-order chi connectivity index (χ1) is 8.99. The second kappa shape index (κ2) is 11.0. The van der Waals surface area contributed by atoms with Gasteiger partial charge in [0, 0.05) is 24.8 Å². The summed E-state index contributed by atoms with van der Waals surface area (Å²) in [6, 6.07) is 0.0126. The number of thioether (sulfide) groups is 1. The lowest BCUT2D eigenvalue weighted by atomic mass is 9.97. The number of carboxylic acid groups (broad SMARTS) is 1. The van der Waals surface area contributed by atoms with E-state index < -0.39 is 5.97 Å². The molecule has 0 aliphatic heterocycles. The van der Waals surface area contributed by atoms with Gasteiger partial charge in [-0.25, -0.2) is 4.79 Å². The van der Waals surface area contributed by atoms with Crippen molar-refractivity contribution in [2.75, 3.05) is 18.6 Å². The van der Waals surface area contributed by atoms with Crippen LogP contribution in [0, 0.1) is 5.92 Å². The van der Waals surface area contributed by atoms with Crippen LogP contribution in [0.1, 0.15) is 39.5 Å². The van der Waals surface area contributed by atoms with Gasteiger partial charge < -0.3 is 15.7 Å². The highest BCUT2D eigenvalue weighted by Crippen LogP contribution is 2.14. The minimum Gasteiger partial charge on any atom is -0.481 e. The van der Waals surface area contributed by atoms with Gasteiger partial charge in [-0.3, -0.25) is 4.79 Å². The fourth-order valence-electron chi connectivity index (χ4n) is 1.84. The Morgan fingerprint density at radius 3 is 2.53 bits per heavy atom. The van der Waals surface area contributed by atoms with E-state index in [1.807, 2.05) is 20.1 Å². The average Bonchev–Trinajstić information content (AvgIpc) is 2.33. The molecule has 0 saturated heterocycles. The molecule has 0 rings (SSSR count). The number of nitrogens with one attached hydrogen (secondary N) is 2. The van der Waals surface area contributed by atoms with Crippen LogP contribution in [-0.4, -0.2) is 41.7 Å². The molecule has 0 fully saturated rings. The highest BCUT2D eigenvalue weighted by molar-refractivity contribution is 7.98. The summed E-state index contributed by atoms with van der Waals surface area (Å²) in [6.07, 6.45) is 4.66. The smallest absolute Gasteiger partial charge is 0.315 e. The molecule has 5 nitrogen and oxygen atoms in total. The Morgan fingerprint density at radius 2 is 2.00 bits per heavy atom. The molecule has 0 bridgehead atoms. The van der Waals surface area contributed by atoms with Crippen LogP contribution in [0.15, 0.2) is 0 Å². The number of carboxylic acids is 1. The van der Waals surface area contributed by atoms with E-state index in [0.29, 0.717) is 18.9 Å². The highest BCUT2D eigenvalue weighted by atomic mass is 32.2. The van der Waals surface area contributed by atoms with Gasteiger partial charge in [0.15, 0.2) is 0 Å². The molecule has 2 unspecified atom stereocenters. The summed E-state index contributed by atoms with van der Waals surface area (Å²) in [5.41, 5.74) is 0. The van der Waals surface area contributed by atoms with Crippen molar-refractivity contribution in [3.63, 3.8) is 0 Å². The van der Waals surface area contributed by atoms with E-state index in [2.05, 4.69) is 10.6 Å². The molecule has 2 amide bonds. The molecule has 19 heavy (non-hydrogen) atoms. The highest BCUT2D eigenvalue weighted by Gasteiger charge is 2.10. The largest absolute Gasteiger partial charge is 0.481 e. The molecule has 6 heteroatoms. The van der Waals surface area contributed by atoms with E-state index >= 15 is 0 Å². The second-order valence-corrected chi connectivity index (χ2v) is 5.66. The number of hydrogen-bond donors (Lipinski definition) is 3. The van der Waals surface area contributed by atoms with Crippen LogP contribution in [-0.2, 0) is 4.79 Å². The summed E-state index contributed by atoms with van der Waals surface area (Å²) >= 11 is 1.70. The van der Waals surface area contributed by atoms with Gasteiger partial charge >= 0.3 is 12.0 Å². The van der Waals surface area contributed by atoms with Gasteiger partial charge in [-0.1, -0.05) is 13.3 Å². The van der Waals surface area contributed by atoms with Gasteiger partial charge in [0.05, 0.1) is 0 Å². The Kier molecular flexibility index (Phi) is 10.4. The minimum absolute atomic E-state index is 0.144. The van der Waals surface area contributed by atoms with E-state index in [1.54, 1.807) is 11.8 Å². The predicted octanol–water partition coefficient (Wildman–Crippen LogP) is 2.32. The SMILES string of the molecule is CCC(CCNC(=O)NC(C)CSC)CCC(=O)O. The number of urea groups is 1. The van der Waals surface area contributed by atoms with E-state index in [-0.39, 0.29) is 18.5 Å². The van der Waals surface area contributed by atoms with Crippen molar-refractivity contribution in [2.24, 2.45) is 5.92 Å². The number of aliphatic carboxylic acids is 1. The van der Waals surface area contributed by atoms with Gasteiger partial charge in [0.1, 0.15) is 0 Å². The van der Waals surface area contributed by atoms with E-state index in [0.717, 1.165) is 18.6 Å². The van der Waals surface area contributed by atoms with Crippen molar-refractivity contribution in [3.8, 4) is 0 Å². The molecular formula is C13H26N2O3S. The third-order valence-corrected chi connectivity index (χ3v) is 3.81. The fraction of sp³-hybridized carbons (Fsp3) is 0.846. The second-order valence-electron chi connectivity index (χ2n) is 4.75. The summed E-state index contributed by atoms with van der Waals surface area (Å²) in [4.78, 5) is 22.0. The quantitative estimate of drug-likeness (QED) is 0.577. The molecule has 0 radical (unpaired) electrons. The van der Waals surface area contributed by atoms with Crippen molar-refractivity contribution < 1.29 is 14.7 Å². The maximum atomic E-state index is 11.5. The molecule has 112 valence electrons. The van der Waals surface area contributed by atoms with Crippen LogP contribution in [0.4, 0.5) is 4.79 Å². The molecular weight excluding hydrogens is 264 g/mol. The Hall–Kier alpha value is -0.910. The molecule has 2 atom stereocenters. The van der Waals surface area contributed by atoms with Gasteiger partial charge in [0.2, 0.25) is 0 Å². The fourth-order valence-corrected chi connectivity index (χ4v) is 2.42. The average molecular weight is 290 g/mol. The maximum Gasteiger partial charge on any atom is 0.315 e. The number of hydrogen-bond acceptors (Lipinski definition) is 3. The van der Waals surface area contributed by atoms with Gasteiger partial charge in [-0.15, -0.1) is 0 Å². The molecule has 0 aromatic carbocycles. The number of amides is 2. The third-order valence-electron chi connectivity index (χ3n) is 2.98. The van der Waals surface area contributed by atoms with E-state index in [4.69, 9.17) is 5.11 Å². The van der Waals surface area contributed by atoms with Crippen LogP contribution < -0.4 is 10.6 Å². The van der Waals surface area contributed by atoms with Gasteiger partial charge in [-0.2, -0.15) is 11.8 Å². The maximum absolute atomic E-state index is 11.5. The van der Waals surface area contributed by atoms with E-state index in [9.17, 15) is 9.59 Å². The summed E-state index contributed by atoms with van der Waals surface area (Å²) in [7, 11) is 0. The first-order valence-corrected chi connectivity index (χ1v) is 8.14. The summed E-state index contributed by atoms with van der Waals surface area (Å²) in [6.45, 7) is 4.61. The van der Waals surface area contributed by atoms with Crippen LogP contribution >= 0.6 is 11.8 Å². The third kappa shape index (κ3) is 10.7. The van der Waals surface area contributed by atoms with Crippen molar-refractivity contribution >= 4 is 23.8 Å². The standard InChI is InChI=1S/C13H26N2O3S/c1-4-11(5-6-12(16)17)7-8-14-13(18)15-10(2)9-19-3/h10-11H,4-9H2,1-3H3,(H,16,17)(H2,14,15,18). The van der Waals surface area contributed by atoms with Crippen molar-refractivity contribution in [1.82, 2.24) is 10.6 Å². The topological polar surface area (TPSA) is 78.4 Å². The lowest BCUT2D eigenvalue weighted by Gasteiger charge is -2.16. The minimum atomic E-state index is -0.755. The number of carbonyl (C=O) groups excluding carboxylic acids is 1. The summed E-state index contributed by atoms with van der Waals surface area (Å²) in [5.74, 6) is 0.499. The molecule has 0 aliphatic carbocycles. The summed E-state index contributed by atoms with van der Waals surface area (Å²) < 4.78 is 0. The Balaban J connectivity index is 3.74. The molecule has 0 spiro atoms. The molecule has 0 aliphatic rings. The van der Waals surface area contributed by atoms with Crippen LogP contribution in [0.25, 0.3) is 0 Å². The van der Waals surface area contributed by atoms with Crippen LogP contribution in [0.3, 0.4) is 0 Å². The Labute approximate surface area is 119 Å².